The number of aromatic hydroxyl groups is 1. The van der Waals surface area contributed by atoms with Gasteiger partial charge in [0.05, 0.1) is 0 Å². The average molecular weight is 322 g/mol. The number of rotatable bonds is 0. The molecule has 0 bridgehead atoms. The Bertz CT molecular complexity index is 1120. The Morgan fingerprint density at radius 2 is 1.54 bits per heavy atom. The van der Waals surface area contributed by atoms with Crippen LogP contribution in [-0.4, -0.2) is 5.11 Å². The number of benzene rings is 2. The molecule has 4 rings (SSSR count). The normalized spacial score (nSPS) is 10.4. The van der Waals surface area contributed by atoms with E-state index in [0.29, 0.717) is 11.2 Å². The van der Waals surface area contributed by atoms with Gasteiger partial charge in [0.25, 0.3) is 0 Å². The number of phenols is 1. The van der Waals surface area contributed by atoms with E-state index in [1.807, 2.05) is 25.1 Å². The summed E-state index contributed by atoms with van der Waals surface area (Å²) in [6.07, 6.45) is 0. The summed E-state index contributed by atoms with van der Waals surface area (Å²) in [5.74, 6) is 0.0984. The van der Waals surface area contributed by atoms with Crippen molar-refractivity contribution in [3.63, 3.8) is 0 Å². The largest absolute Gasteiger partial charge is 0.508 e. The van der Waals surface area contributed by atoms with E-state index in [1.165, 1.54) is 18.2 Å². The molecule has 0 saturated heterocycles. The van der Waals surface area contributed by atoms with E-state index in [-0.39, 0.29) is 11.4 Å². The minimum atomic E-state index is -0.393. The third-order valence-corrected chi connectivity index (χ3v) is 3.46. The molecule has 0 saturated carbocycles. The first-order chi connectivity index (χ1) is 11.5. The molecule has 4 aromatic rings. The van der Waals surface area contributed by atoms with E-state index in [0.717, 1.165) is 16.3 Å². The third kappa shape index (κ3) is 3.35. The van der Waals surface area contributed by atoms with Crippen LogP contribution in [0.2, 0.25) is 0 Å². The van der Waals surface area contributed by atoms with E-state index in [4.69, 9.17) is 13.9 Å². The minimum absolute atomic E-state index is 0.0984. The molecule has 0 spiro atoms. The number of aryl methyl sites for hydroxylation is 1. The van der Waals surface area contributed by atoms with Crippen LogP contribution in [0.3, 0.4) is 0 Å². The number of hydrogen-bond donors (Lipinski definition) is 1. The fourth-order valence-electron chi connectivity index (χ4n) is 2.32. The molecule has 5 nitrogen and oxygen atoms in total. The third-order valence-electron chi connectivity index (χ3n) is 3.46. The summed E-state index contributed by atoms with van der Waals surface area (Å²) >= 11 is 0. The van der Waals surface area contributed by atoms with Crippen LogP contribution in [0, 0.1) is 6.92 Å². The molecule has 0 unspecified atom stereocenters. The minimum Gasteiger partial charge on any atom is -0.508 e. The van der Waals surface area contributed by atoms with Crippen molar-refractivity contribution in [3.05, 3.63) is 87.1 Å². The Hall–Kier alpha value is -3.34. The average Bonchev–Trinajstić information content (AvgIpc) is 2.54. The lowest BCUT2D eigenvalue weighted by Crippen LogP contribution is -1.97. The molecule has 0 fully saturated rings. The van der Waals surface area contributed by atoms with Crippen LogP contribution in [0.1, 0.15) is 5.56 Å². The number of fused-ring (bicyclic) bond motifs is 2. The summed E-state index contributed by atoms with van der Waals surface area (Å²) in [7, 11) is 0. The van der Waals surface area contributed by atoms with Crippen molar-refractivity contribution in [2.75, 3.05) is 0 Å². The molecule has 2 heterocycles. The van der Waals surface area contributed by atoms with Gasteiger partial charge in [0.1, 0.15) is 16.9 Å². The first-order valence-electron chi connectivity index (χ1n) is 7.25. The van der Waals surface area contributed by atoms with Gasteiger partial charge < -0.3 is 13.9 Å². The SMILES string of the molecule is Cc1cc(=O)oc2cc(O)ccc12.O=c1ccc2ccccc2o1. The second-order valence-corrected chi connectivity index (χ2v) is 5.22. The Labute approximate surface area is 136 Å². The zero-order chi connectivity index (χ0) is 17.1. The second kappa shape index (κ2) is 6.42. The maximum Gasteiger partial charge on any atom is 0.336 e. The van der Waals surface area contributed by atoms with Crippen LogP contribution in [0.25, 0.3) is 21.9 Å². The van der Waals surface area contributed by atoms with E-state index < -0.39 is 5.63 Å². The Kier molecular flexibility index (Phi) is 4.16. The fourth-order valence-corrected chi connectivity index (χ4v) is 2.32. The van der Waals surface area contributed by atoms with Crippen LogP contribution >= 0.6 is 0 Å². The van der Waals surface area contributed by atoms with Crippen molar-refractivity contribution in [2.24, 2.45) is 0 Å². The van der Waals surface area contributed by atoms with Gasteiger partial charge in [-0.05, 0) is 36.8 Å². The van der Waals surface area contributed by atoms with Gasteiger partial charge in [-0.2, -0.15) is 0 Å². The van der Waals surface area contributed by atoms with Crippen molar-refractivity contribution in [2.45, 2.75) is 6.92 Å². The van der Waals surface area contributed by atoms with Crippen molar-refractivity contribution in [3.8, 4) is 5.75 Å². The standard InChI is InChI=1S/C10H8O3.C9H6O2/c1-6-4-10(12)13-9-5-7(11)2-3-8(6)9;10-9-6-5-7-3-1-2-4-8(7)11-9/h2-5,11H,1H3;1-6H. The highest BCUT2D eigenvalue weighted by atomic mass is 16.4. The molecule has 1 N–H and O–H groups in total. The van der Waals surface area contributed by atoms with Gasteiger partial charge in [0.15, 0.2) is 0 Å². The van der Waals surface area contributed by atoms with Crippen molar-refractivity contribution in [1.29, 1.82) is 0 Å². The van der Waals surface area contributed by atoms with Crippen LogP contribution in [0.5, 0.6) is 5.75 Å². The molecule has 0 aliphatic heterocycles. The first-order valence-corrected chi connectivity index (χ1v) is 7.25. The predicted molar refractivity (Wildman–Crippen MR) is 91.4 cm³/mol. The number of hydrogen-bond acceptors (Lipinski definition) is 5. The lowest BCUT2D eigenvalue weighted by atomic mass is 10.1. The number of para-hydroxylation sites is 1. The summed E-state index contributed by atoms with van der Waals surface area (Å²) in [6, 6.07) is 16.7. The van der Waals surface area contributed by atoms with Crippen molar-refractivity contribution < 1.29 is 13.9 Å². The molecule has 24 heavy (non-hydrogen) atoms. The quantitative estimate of drug-likeness (QED) is 0.500. The molecule has 2 aromatic carbocycles. The second-order valence-electron chi connectivity index (χ2n) is 5.22. The van der Waals surface area contributed by atoms with Crippen LogP contribution in [0.4, 0.5) is 0 Å². The molecule has 0 radical (unpaired) electrons. The highest BCUT2D eigenvalue weighted by Crippen LogP contribution is 2.20. The fraction of sp³-hybridized carbons (Fsp3) is 0.0526. The summed E-state index contributed by atoms with van der Waals surface area (Å²) < 4.78 is 9.81. The van der Waals surface area contributed by atoms with E-state index in [9.17, 15) is 9.59 Å². The maximum atomic E-state index is 11.0. The van der Waals surface area contributed by atoms with Gasteiger partial charge >= 0.3 is 11.3 Å². The topological polar surface area (TPSA) is 80.6 Å². The van der Waals surface area contributed by atoms with Gasteiger partial charge in [0, 0.05) is 29.0 Å². The summed E-state index contributed by atoms with van der Waals surface area (Å²) in [5.41, 5.74) is 1.22. The van der Waals surface area contributed by atoms with E-state index in [1.54, 1.807) is 24.3 Å². The monoisotopic (exact) mass is 322 g/mol. The highest BCUT2D eigenvalue weighted by Gasteiger charge is 2.01. The molecule has 0 aliphatic rings. The molecular weight excluding hydrogens is 308 g/mol. The molecule has 5 heteroatoms. The van der Waals surface area contributed by atoms with Gasteiger partial charge in [-0.1, -0.05) is 18.2 Å². The van der Waals surface area contributed by atoms with Crippen molar-refractivity contribution >= 4 is 21.9 Å². The van der Waals surface area contributed by atoms with Gasteiger partial charge in [0.2, 0.25) is 0 Å². The van der Waals surface area contributed by atoms with Gasteiger partial charge in [-0.3, -0.25) is 0 Å². The van der Waals surface area contributed by atoms with E-state index >= 15 is 0 Å². The molecule has 2 aromatic heterocycles. The van der Waals surface area contributed by atoms with Gasteiger partial charge in [-0.15, -0.1) is 0 Å². The van der Waals surface area contributed by atoms with Crippen LogP contribution in [0.15, 0.2) is 79.1 Å². The predicted octanol–water partition coefficient (Wildman–Crippen LogP) is 3.60. The summed E-state index contributed by atoms with van der Waals surface area (Å²) in [5, 5.41) is 10.9. The van der Waals surface area contributed by atoms with Gasteiger partial charge in [-0.25, -0.2) is 9.59 Å². The number of phenolic OH excluding ortho intramolecular Hbond substituents is 1. The zero-order valence-corrected chi connectivity index (χ0v) is 12.9. The maximum absolute atomic E-state index is 11.0. The first kappa shape index (κ1) is 15.6. The summed E-state index contributed by atoms with van der Waals surface area (Å²) in [6.45, 7) is 1.83. The molecule has 0 amide bonds. The molecule has 0 aliphatic carbocycles. The molecular formula is C19H14O5. The Morgan fingerprint density at radius 1 is 0.792 bits per heavy atom. The van der Waals surface area contributed by atoms with E-state index in [2.05, 4.69) is 0 Å². The lowest BCUT2D eigenvalue weighted by molar-refractivity contribution is 0.473. The van der Waals surface area contributed by atoms with Crippen molar-refractivity contribution in [1.82, 2.24) is 0 Å². The van der Waals surface area contributed by atoms with Crippen LogP contribution < -0.4 is 11.3 Å². The zero-order valence-electron chi connectivity index (χ0n) is 12.9. The Morgan fingerprint density at radius 3 is 2.38 bits per heavy atom. The highest BCUT2D eigenvalue weighted by molar-refractivity contribution is 5.81. The smallest absolute Gasteiger partial charge is 0.336 e. The lowest BCUT2D eigenvalue weighted by Gasteiger charge is -1.99. The molecule has 0 atom stereocenters. The summed E-state index contributed by atoms with van der Waals surface area (Å²) in [4.78, 5) is 21.7. The Balaban J connectivity index is 0.000000143. The molecule has 120 valence electrons. The van der Waals surface area contributed by atoms with Crippen LogP contribution in [-0.2, 0) is 0 Å².